The fourth-order valence-corrected chi connectivity index (χ4v) is 1.43. The van der Waals surface area contributed by atoms with E-state index >= 15 is 0 Å². The molecule has 0 amide bonds. The highest BCUT2D eigenvalue weighted by molar-refractivity contribution is 5.85. The van der Waals surface area contributed by atoms with Crippen LogP contribution in [0.2, 0.25) is 0 Å². The molecule has 2 rings (SSSR count). The van der Waals surface area contributed by atoms with Crippen LogP contribution in [-0.4, -0.2) is 26.0 Å². The molecule has 0 aliphatic carbocycles. The van der Waals surface area contributed by atoms with E-state index in [4.69, 9.17) is 10.2 Å². The predicted molar refractivity (Wildman–Crippen MR) is 56.9 cm³/mol. The Morgan fingerprint density at radius 3 is 2.44 bits per heavy atom. The maximum Gasteiger partial charge on any atom is 0.356 e. The van der Waals surface area contributed by atoms with Crippen LogP contribution >= 0.6 is 0 Å². The molecular weight excluding hydrogens is 208 g/mol. The summed E-state index contributed by atoms with van der Waals surface area (Å²) in [5.41, 5.74) is 1.44. The Morgan fingerprint density at radius 2 is 1.94 bits per heavy atom. The molecule has 0 bridgehead atoms. The second-order valence-corrected chi connectivity index (χ2v) is 3.40. The van der Waals surface area contributed by atoms with Gasteiger partial charge in [0.1, 0.15) is 5.75 Å². The molecule has 82 valence electrons. The van der Waals surface area contributed by atoms with Gasteiger partial charge in [0.2, 0.25) is 0 Å². The molecule has 0 radical (unpaired) electrons. The molecule has 0 fully saturated rings. The minimum absolute atomic E-state index is 0.00516. The first-order valence-corrected chi connectivity index (χ1v) is 4.67. The minimum atomic E-state index is -1.05. The molecule has 0 saturated heterocycles. The predicted octanol–water partition coefficient (Wildman–Crippen LogP) is 1.58. The van der Waals surface area contributed by atoms with E-state index in [0.29, 0.717) is 5.69 Å². The molecule has 5 nitrogen and oxygen atoms in total. The van der Waals surface area contributed by atoms with E-state index in [2.05, 4.69) is 5.10 Å². The van der Waals surface area contributed by atoms with Gasteiger partial charge in [0.05, 0.1) is 5.69 Å². The summed E-state index contributed by atoms with van der Waals surface area (Å²) in [6.45, 7) is 1.77. The number of phenols is 1. The van der Waals surface area contributed by atoms with Crippen LogP contribution in [0.4, 0.5) is 0 Å². The molecule has 2 N–H and O–H groups in total. The van der Waals surface area contributed by atoms with Crippen molar-refractivity contribution in [1.29, 1.82) is 0 Å². The highest BCUT2D eigenvalue weighted by Crippen LogP contribution is 2.15. The van der Waals surface area contributed by atoms with Gasteiger partial charge in [0.15, 0.2) is 5.69 Å². The third-order valence-corrected chi connectivity index (χ3v) is 2.20. The van der Waals surface area contributed by atoms with Crippen LogP contribution < -0.4 is 0 Å². The number of carbonyl (C=O) groups is 1. The van der Waals surface area contributed by atoms with Crippen molar-refractivity contribution in [2.75, 3.05) is 0 Å². The summed E-state index contributed by atoms with van der Waals surface area (Å²) in [5, 5.41) is 21.9. The summed E-state index contributed by atoms with van der Waals surface area (Å²) < 4.78 is 1.52. The first-order valence-electron chi connectivity index (χ1n) is 4.67. The molecule has 0 aliphatic rings. The van der Waals surface area contributed by atoms with Crippen molar-refractivity contribution in [1.82, 2.24) is 9.78 Å². The van der Waals surface area contributed by atoms with Gasteiger partial charge in [0, 0.05) is 5.69 Å². The highest BCUT2D eigenvalue weighted by Gasteiger charge is 2.11. The molecule has 0 atom stereocenters. The van der Waals surface area contributed by atoms with E-state index in [9.17, 15) is 4.79 Å². The topological polar surface area (TPSA) is 75.3 Å². The quantitative estimate of drug-likeness (QED) is 0.802. The Hall–Kier alpha value is -2.30. The third-order valence-electron chi connectivity index (χ3n) is 2.20. The molecular formula is C11H10N2O3. The minimum Gasteiger partial charge on any atom is -0.508 e. The largest absolute Gasteiger partial charge is 0.508 e. The van der Waals surface area contributed by atoms with Crippen LogP contribution in [0, 0.1) is 6.92 Å². The van der Waals surface area contributed by atoms with Crippen molar-refractivity contribution in [3.8, 4) is 11.4 Å². The normalized spacial score (nSPS) is 10.3. The van der Waals surface area contributed by atoms with Crippen molar-refractivity contribution in [2.24, 2.45) is 0 Å². The van der Waals surface area contributed by atoms with E-state index in [0.717, 1.165) is 5.69 Å². The number of benzene rings is 1. The van der Waals surface area contributed by atoms with Gasteiger partial charge in [-0.15, -0.1) is 0 Å². The number of aromatic nitrogens is 2. The zero-order valence-corrected chi connectivity index (χ0v) is 8.58. The lowest BCUT2D eigenvalue weighted by Crippen LogP contribution is -2.01. The van der Waals surface area contributed by atoms with Gasteiger partial charge in [0.25, 0.3) is 0 Å². The number of hydrogen-bond acceptors (Lipinski definition) is 3. The molecule has 2 aromatic rings. The van der Waals surface area contributed by atoms with Gasteiger partial charge in [-0.25, -0.2) is 9.48 Å². The van der Waals surface area contributed by atoms with E-state index in [1.165, 1.54) is 22.9 Å². The molecule has 16 heavy (non-hydrogen) atoms. The number of aromatic hydroxyl groups is 1. The summed E-state index contributed by atoms with van der Waals surface area (Å²) in [6.07, 6.45) is 0. The Morgan fingerprint density at radius 1 is 1.31 bits per heavy atom. The number of aryl methyl sites for hydroxylation is 1. The Balaban J connectivity index is 2.47. The Bertz CT molecular complexity index is 529. The van der Waals surface area contributed by atoms with Gasteiger partial charge < -0.3 is 10.2 Å². The molecule has 5 heteroatoms. The maximum absolute atomic E-state index is 10.7. The number of phenolic OH excluding ortho intramolecular Hbond substituents is 1. The van der Waals surface area contributed by atoms with Crippen LogP contribution in [0.15, 0.2) is 30.3 Å². The SMILES string of the molecule is Cc1cc(C(=O)O)nn1-c1ccc(O)cc1. The smallest absolute Gasteiger partial charge is 0.356 e. The average Bonchev–Trinajstić information content (AvgIpc) is 2.62. The van der Waals surface area contributed by atoms with E-state index in [-0.39, 0.29) is 11.4 Å². The Kier molecular flexibility index (Phi) is 2.36. The molecule has 0 aliphatic heterocycles. The van der Waals surface area contributed by atoms with Crippen molar-refractivity contribution >= 4 is 5.97 Å². The highest BCUT2D eigenvalue weighted by atomic mass is 16.4. The maximum atomic E-state index is 10.7. The van der Waals surface area contributed by atoms with Crippen molar-refractivity contribution < 1.29 is 15.0 Å². The van der Waals surface area contributed by atoms with E-state index in [1.807, 2.05) is 0 Å². The van der Waals surface area contributed by atoms with Crippen LogP contribution in [0.3, 0.4) is 0 Å². The Labute approximate surface area is 91.6 Å². The fraction of sp³-hybridized carbons (Fsp3) is 0.0909. The van der Waals surface area contributed by atoms with E-state index < -0.39 is 5.97 Å². The lowest BCUT2D eigenvalue weighted by molar-refractivity contribution is 0.0690. The number of rotatable bonds is 2. The van der Waals surface area contributed by atoms with Crippen LogP contribution in [0.25, 0.3) is 5.69 Å². The summed E-state index contributed by atoms with van der Waals surface area (Å²) in [5.74, 6) is -0.896. The van der Waals surface area contributed by atoms with Crippen LogP contribution in [0.5, 0.6) is 5.75 Å². The molecule has 0 saturated carbocycles. The second kappa shape index (κ2) is 3.69. The zero-order chi connectivity index (χ0) is 11.7. The molecule has 1 aromatic carbocycles. The number of carboxylic acids is 1. The fourth-order valence-electron chi connectivity index (χ4n) is 1.43. The van der Waals surface area contributed by atoms with Crippen molar-refractivity contribution in [3.05, 3.63) is 41.7 Å². The molecule has 1 heterocycles. The summed E-state index contributed by atoms with van der Waals surface area (Å²) >= 11 is 0. The van der Waals surface area contributed by atoms with Crippen LogP contribution in [0.1, 0.15) is 16.2 Å². The number of carboxylic acid groups (broad SMARTS) is 1. The first kappa shape index (κ1) is 10.2. The lowest BCUT2D eigenvalue weighted by Gasteiger charge is -2.03. The lowest BCUT2D eigenvalue weighted by atomic mass is 10.3. The average molecular weight is 218 g/mol. The van der Waals surface area contributed by atoms with Gasteiger partial charge in [-0.05, 0) is 37.3 Å². The standard InChI is InChI=1S/C11H10N2O3/c1-7-6-10(11(15)16)12-13(7)8-2-4-9(14)5-3-8/h2-6,14H,1H3,(H,15,16). The third kappa shape index (κ3) is 1.75. The summed E-state index contributed by atoms with van der Waals surface area (Å²) in [4.78, 5) is 10.7. The summed E-state index contributed by atoms with van der Waals surface area (Å²) in [7, 11) is 0. The van der Waals surface area contributed by atoms with Gasteiger partial charge in [-0.2, -0.15) is 5.10 Å². The van der Waals surface area contributed by atoms with Crippen molar-refractivity contribution in [3.63, 3.8) is 0 Å². The number of nitrogens with zero attached hydrogens (tertiary/aromatic N) is 2. The molecule has 0 unspecified atom stereocenters. The molecule has 0 spiro atoms. The van der Waals surface area contributed by atoms with Gasteiger partial charge in [-0.1, -0.05) is 0 Å². The second-order valence-electron chi connectivity index (χ2n) is 3.40. The van der Waals surface area contributed by atoms with Gasteiger partial charge in [-0.3, -0.25) is 0 Å². The summed E-state index contributed by atoms with van der Waals surface area (Å²) in [6, 6.07) is 7.88. The number of aromatic carboxylic acids is 1. The van der Waals surface area contributed by atoms with Crippen molar-refractivity contribution in [2.45, 2.75) is 6.92 Å². The zero-order valence-electron chi connectivity index (χ0n) is 8.58. The van der Waals surface area contributed by atoms with E-state index in [1.54, 1.807) is 19.1 Å². The van der Waals surface area contributed by atoms with Crippen LogP contribution in [-0.2, 0) is 0 Å². The monoisotopic (exact) mass is 218 g/mol. The molecule has 1 aromatic heterocycles. The number of hydrogen-bond donors (Lipinski definition) is 2. The van der Waals surface area contributed by atoms with Gasteiger partial charge >= 0.3 is 5.97 Å². The first-order chi connectivity index (χ1) is 7.58.